The van der Waals surface area contributed by atoms with E-state index in [9.17, 15) is 4.79 Å². The van der Waals surface area contributed by atoms with Crippen LogP contribution in [0.4, 0.5) is 4.79 Å². The minimum absolute atomic E-state index is 0.0970. The van der Waals surface area contributed by atoms with E-state index in [1.165, 1.54) is 11.1 Å². The molecule has 1 aliphatic heterocycles. The predicted molar refractivity (Wildman–Crippen MR) is 68.5 cm³/mol. The highest BCUT2D eigenvalue weighted by Crippen LogP contribution is 2.37. The van der Waals surface area contributed by atoms with E-state index in [2.05, 4.69) is 22.2 Å². The molecule has 0 radical (unpaired) electrons. The molecule has 6 heteroatoms. The predicted octanol–water partition coefficient (Wildman–Crippen LogP) is 2.81. The molecular weight excluding hydrogens is 244 g/mol. The lowest BCUT2D eigenvalue weighted by Gasteiger charge is -2.22. The topological polar surface area (TPSA) is 78.3 Å². The van der Waals surface area contributed by atoms with Crippen molar-refractivity contribution in [3.63, 3.8) is 0 Å². The molecule has 1 aliphatic carbocycles. The van der Waals surface area contributed by atoms with Gasteiger partial charge in [-0.2, -0.15) is 0 Å². The summed E-state index contributed by atoms with van der Waals surface area (Å²) in [5.41, 5.74) is 10.8. The largest absolute Gasteiger partial charge is 0.444 e. The number of cyclic esters (lactones) is 1. The first-order valence-corrected chi connectivity index (χ1v) is 6.35. The Bertz CT molecular complexity index is 553. The first-order chi connectivity index (χ1) is 9.29. The van der Waals surface area contributed by atoms with Crippen LogP contribution < -0.4 is 0 Å². The summed E-state index contributed by atoms with van der Waals surface area (Å²) in [5.74, 6) is 0. The summed E-state index contributed by atoms with van der Waals surface area (Å²) < 4.78 is 5.23. The fourth-order valence-corrected chi connectivity index (χ4v) is 2.88. The lowest BCUT2D eigenvalue weighted by Crippen LogP contribution is -2.29. The Morgan fingerprint density at radius 3 is 3.16 bits per heavy atom. The average Bonchev–Trinajstić information content (AvgIpc) is 2.99. The molecule has 3 rings (SSSR count). The highest BCUT2D eigenvalue weighted by atomic mass is 16.6. The molecule has 0 bridgehead atoms. The molecule has 2 atom stereocenters. The molecule has 2 unspecified atom stereocenters. The number of carbonyl (C=O) groups excluding carboxylic acids is 1. The van der Waals surface area contributed by atoms with Crippen LogP contribution in [0.3, 0.4) is 0 Å². The number of carbonyl (C=O) groups is 1. The number of nitrogens with zero attached hydrogens (tertiary/aromatic N) is 4. The lowest BCUT2D eigenvalue weighted by atomic mass is 10.1. The molecule has 1 saturated heterocycles. The molecule has 0 aromatic heterocycles. The first kappa shape index (κ1) is 11.9. The van der Waals surface area contributed by atoms with Crippen molar-refractivity contribution in [2.24, 2.45) is 5.11 Å². The van der Waals surface area contributed by atoms with Crippen LogP contribution in [0.25, 0.3) is 10.4 Å². The third kappa shape index (κ3) is 2.11. The van der Waals surface area contributed by atoms with Crippen LogP contribution in [0.5, 0.6) is 0 Å². The molecule has 6 nitrogen and oxygen atoms in total. The number of ether oxygens (including phenoxy) is 1. The van der Waals surface area contributed by atoms with Gasteiger partial charge in [-0.3, -0.25) is 4.90 Å². The summed E-state index contributed by atoms with van der Waals surface area (Å²) in [6.07, 6.45) is 1.30. The van der Waals surface area contributed by atoms with Crippen molar-refractivity contribution in [2.75, 3.05) is 13.1 Å². The number of aryl methyl sites for hydroxylation is 1. The molecule has 0 saturated carbocycles. The molecule has 1 heterocycles. The van der Waals surface area contributed by atoms with Crippen LogP contribution in [0.2, 0.25) is 0 Å². The first-order valence-electron chi connectivity index (χ1n) is 6.35. The van der Waals surface area contributed by atoms with Gasteiger partial charge in [0.1, 0.15) is 6.10 Å². The zero-order valence-corrected chi connectivity index (χ0v) is 10.4. The Kier molecular flexibility index (Phi) is 3.01. The second-order valence-electron chi connectivity index (χ2n) is 4.82. The highest BCUT2D eigenvalue weighted by Gasteiger charge is 2.38. The number of amides is 1. The number of hydrogen-bond acceptors (Lipinski definition) is 3. The monoisotopic (exact) mass is 258 g/mol. The molecule has 0 spiro atoms. The van der Waals surface area contributed by atoms with E-state index in [1.54, 1.807) is 4.90 Å². The summed E-state index contributed by atoms with van der Waals surface area (Å²) in [5, 5.41) is 3.47. The van der Waals surface area contributed by atoms with Crippen molar-refractivity contribution >= 4 is 6.09 Å². The van der Waals surface area contributed by atoms with Gasteiger partial charge in [-0.1, -0.05) is 29.4 Å². The second kappa shape index (κ2) is 4.82. The van der Waals surface area contributed by atoms with Crippen LogP contribution in [0.15, 0.2) is 29.4 Å². The van der Waals surface area contributed by atoms with Gasteiger partial charge in [-0.25, -0.2) is 4.79 Å². The highest BCUT2D eigenvalue weighted by molar-refractivity contribution is 5.71. The van der Waals surface area contributed by atoms with Crippen molar-refractivity contribution in [3.05, 3.63) is 45.8 Å². The van der Waals surface area contributed by atoms with Crippen molar-refractivity contribution in [2.45, 2.75) is 25.0 Å². The maximum atomic E-state index is 11.9. The fourth-order valence-electron chi connectivity index (χ4n) is 2.88. The molecule has 1 aromatic rings. The van der Waals surface area contributed by atoms with Gasteiger partial charge in [0.25, 0.3) is 0 Å². The van der Waals surface area contributed by atoms with Crippen LogP contribution in [0.1, 0.15) is 23.6 Å². The van der Waals surface area contributed by atoms with Gasteiger partial charge >= 0.3 is 6.09 Å². The van der Waals surface area contributed by atoms with E-state index < -0.39 is 0 Å². The van der Waals surface area contributed by atoms with Gasteiger partial charge < -0.3 is 4.74 Å². The van der Waals surface area contributed by atoms with Crippen molar-refractivity contribution in [1.29, 1.82) is 0 Å². The summed E-state index contributed by atoms with van der Waals surface area (Å²) >= 11 is 0. The standard InChI is InChI=1S/C13H14N4O2/c14-16-15-7-10-8-17(13(18)19-10)12-6-5-9-3-1-2-4-11(9)12/h1-4,10,12H,5-8H2. The van der Waals surface area contributed by atoms with Gasteiger partial charge in [0.15, 0.2) is 0 Å². The van der Waals surface area contributed by atoms with Crippen LogP contribution >= 0.6 is 0 Å². The maximum Gasteiger partial charge on any atom is 0.410 e. The van der Waals surface area contributed by atoms with Crippen molar-refractivity contribution in [1.82, 2.24) is 4.90 Å². The number of hydrogen-bond donors (Lipinski definition) is 0. The van der Waals surface area contributed by atoms with E-state index in [0.717, 1.165) is 12.8 Å². The molecule has 1 amide bonds. The SMILES string of the molecule is [N-]=[N+]=NCC1CN(C2CCc3ccccc32)C(=O)O1. The fraction of sp³-hybridized carbons (Fsp3) is 0.462. The summed E-state index contributed by atoms with van der Waals surface area (Å²) in [6.45, 7) is 0.698. The van der Waals surface area contributed by atoms with Crippen molar-refractivity contribution in [3.8, 4) is 0 Å². The van der Waals surface area contributed by atoms with Crippen LogP contribution in [-0.2, 0) is 11.2 Å². The normalized spacial score (nSPS) is 24.8. The molecular formula is C13H14N4O2. The number of benzene rings is 1. The molecule has 0 N–H and O–H groups in total. The van der Waals surface area contributed by atoms with E-state index >= 15 is 0 Å². The summed E-state index contributed by atoms with van der Waals surface area (Å²) in [6, 6.07) is 8.29. The minimum Gasteiger partial charge on any atom is -0.444 e. The Morgan fingerprint density at radius 2 is 2.32 bits per heavy atom. The zero-order chi connectivity index (χ0) is 13.2. The van der Waals surface area contributed by atoms with E-state index in [4.69, 9.17) is 10.3 Å². The number of azide groups is 1. The Hall–Kier alpha value is -2.20. The lowest BCUT2D eigenvalue weighted by molar-refractivity contribution is 0.129. The summed E-state index contributed by atoms with van der Waals surface area (Å²) in [4.78, 5) is 16.4. The second-order valence-corrected chi connectivity index (χ2v) is 4.82. The molecule has 19 heavy (non-hydrogen) atoms. The smallest absolute Gasteiger partial charge is 0.410 e. The average molecular weight is 258 g/mol. The third-order valence-corrected chi connectivity index (χ3v) is 3.73. The molecule has 1 aromatic carbocycles. The van der Waals surface area contributed by atoms with Crippen LogP contribution in [0, 0.1) is 0 Å². The zero-order valence-electron chi connectivity index (χ0n) is 10.4. The third-order valence-electron chi connectivity index (χ3n) is 3.73. The Morgan fingerprint density at radius 1 is 1.47 bits per heavy atom. The minimum atomic E-state index is -0.323. The van der Waals surface area contributed by atoms with Crippen LogP contribution in [-0.4, -0.2) is 30.2 Å². The van der Waals surface area contributed by atoms with E-state index in [0.29, 0.717) is 6.54 Å². The molecule has 1 fully saturated rings. The Labute approximate surface area is 110 Å². The number of fused-ring (bicyclic) bond motifs is 1. The van der Waals surface area contributed by atoms with Gasteiger partial charge in [0.2, 0.25) is 0 Å². The Balaban J connectivity index is 1.77. The number of rotatable bonds is 3. The maximum absolute atomic E-state index is 11.9. The van der Waals surface area contributed by atoms with Gasteiger partial charge in [0.05, 0.1) is 19.1 Å². The van der Waals surface area contributed by atoms with Gasteiger partial charge in [-0.15, -0.1) is 0 Å². The molecule has 98 valence electrons. The van der Waals surface area contributed by atoms with E-state index in [1.807, 2.05) is 12.1 Å². The van der Waals surface area contributed by atoms with Gasteiger partial charge in [0, 0.05) is 4.91 Å². The summed E-state index contributed by atoms with van der Waals surface area (Å²) in [7, 11) is 0. The quantitative estimate of drug-likeness (QED) is 0.474. The van der Waals surface area contributed by atoms with Crippen molar-refractivity contribution < 1.29 is 9.53 Å². The van der Waals surface area contributed by atoms with E-state index in [-0.39, 0.29) is 24.8 Å². The van der Waals surface area contributed by atoms with Gasteiger partial charge in [-0.05, 0) is 29.5 Å². The molecule has 2 aliphatic rings.